The highest BCUT2D eigenvalue weighted by atomic mass is 32.2. The number of ether oxygens (including phenoxy) is 1. The molecule has 1 saturated carbocycles. The molecule has 0 unspecified atom stereocenters. The van der Waals surface area contributed by atoms with Crippen LogP contribution in [-0.4, -0.2) is 40.0 Å². The summed E-state index contributed by atoms with van der Waals surface area (Å²) in [4.78, 5) is 24.3. The van der Waals surface area contributed by atoms with Crippen molar-refractivity contribution in [3.8, 4) is 12.3 Å². The Balaban J connectivity index is 1.50. The molecule has 8 heteroatoms. The minimum atomic E-state index is -3.74. The lowest BCUT2D eigenvalue weighted by Crippen LogP contribution is -2.46. The van der Waals surface area contributed by atoms with Crippen molar-refractivity contribution in [2.75, 3.05) is 19.7 Å². The summed E-state index contributed by atoms with van der Waals surface area (Å²) in [6.45, 7) is -0.0507. The molecule has 0 spiro atoms. The van der Waals surface area contributed by atoms with Crippen molar-refractivity contribution in [2.24, 2.45) is 0 Å². The molecule has 0 radical (unpaired) electrons. The van der Waals surface area contributed by atoms with Crippen LogP contribution in [0.25, 0.3) is 0 Å². The predicted octanol–water partition coefficient (Wildman–Crippen LogP) is 1.99. The van der Waals surface area contributed by atoms with Gasteiger partial charge >= 0.3 is 5.97 Å². The molecule has 0 atom stereocenters. The van der Waals surface area contributed by atoms with Gasteiger partial charge in [-0.3, -0.25) is 4.79 Å². The molecule has 31 heavy (non-hydrogen) atoms. The Hall–Kier alpha value is -3.15. The van der Waals surface area contributed by atoms with Gasteiger partial charge in [0.15, 0.2) is 6.61 Å². The van der Waals surface area contributed by atoms with Gasteiger partial charge in [0, 0.05) is 12.0 Å². The van der Waals surface area contributed by atoms with Gasteiger partial charge in [0.2, 0.25) is 10.0 Å². The number of carbonyl (C=O) groups is 2. The smallest absolute Gasteiger partial charge is 0.338 e. The van der Waals surface area contributed by atoms with E-state index in [0.717, 1.165) is 19.3 Å². The third-order valence-corrected chi connectivity index (χ3v) is 6.84. The number of rotatable bonds is 9. The van der Waals surface area contributed by atoms with E-state index in [1.807, 2.05) is 18.2 Å². The van der Waals surface area contributed by atoms with Crippen molar-refractivity contribution in [1.29, 1.82) is 0 Å². The summed E-state index contributed by atoms with van der Waals surface area (Å²) in [5.74, 6) is 1.09. The van der Waals surface area contributed by atoms with E-state index < -0.39 is 22.6 Å². The molecule has 3 rings (SSSR count). The predicted molar refractivity (Wildman–Crippen MR) is 116 cm³/mol. The normalized spacial score (nSPS) is 14.7. The first kappa shape index (κ1) is 22.5. The van der Waals surface area contributed by atoms with Gasteiger partial charge in [0.05, 0.1) is 17.0 Å². The average molecular weight is 441 g/mol. The third kappa shape index (κ3) is 5.51. The minimum Gasteiger partial charge on any atom is -0.452 e. The fourth-order valence-electron chi connectivity index (χ4n) is 3.49. The molecule has 2 aromatic rings. The average Bonchev–Trinajstić information content (AvgIpc) is 2.76. The van der Waals surface area contributed by atoms with Crippen LogP contribution in [0, 0.1) is 12.3 Å². The highest BCUT2D eigenvalue weighted by Gasteiger charge is 2.38. The number of nitrogens with one attached hydrogen (secondary N) is 2. The van der Waals surface area contributed by atoms with E-state index in [-0.39, 0.29) is 28.3 Å². The first-order chi connectivity index (χ1) is 14.9. The van der Waals surface area contributed by atoms with Crippen LogP contribution in [-0.2, 0) is 25.0 Å². The summed E-state index contributed by atoms with van der Waals surface area (Å²) in [6, 6.07) is 15.3. The Bertz CT molecular complexity index is 1070. The second-order valence-corrected chi connectivity index (χ2v) is 9.17. The molecule has 1 aliphatic carbocycles. The molecule has 2 N–H and O–H groups in total. The molecule has 2 aromatic carbocycles. The summed E-state index contributed by atoms with van der Waals surface area (Å²) >= 11 is 0. The molecule has 162 valence electrons. The molecule has 0 heterocycles. The molecule has 0 aromatic heterocycles. The minimum absolute atomic E-state index is 0.0243. The summed E-state index contributed by atoms with van der Waals surface area (Å²) in [6.07, 6.45) is 8.17. The van der Waals surface area contributed by atoms with Gasteiger partial charge in [-0.05, 0) is 42.7 Å². The van der Waals surface area contributed by atoms with Crippen molar-refractivity contribution in [1.82, 2.24) is 10.0 Å². The van der Waals surface area contributed by atoms with Crippen LogP contribution in [0.5, 0.6) is 0 Å². The number of benzene rings is 2. The summed E-state index contributed by atoms with van der Waals surface area (Å²) in [5, 5.41) is 2.86. The van der Waals surface area contributed by atoms with E-state index in [4.69, 9.17) is 11.2 Å². The van der Waals surface area contributed by atoms with Gasteiger partial charge < -0.3 is 10.1 Å². The van der Waals surface area contributed by atoms with E-state index in [1.54, 1.807) is 0 Å². The first-order valence-corrected chi connectivity index (χ1v) is 11.4. The number of amides is 1. The van der Waals surface area contributed by atoms with Crippen molar-refractivity contribution in [2.45, 2.75) is 29.6 Å². The molecular formula is C23H24N2O5S. The largest absolute Gasteiger partial charge is 0.452 e. The molecule has 7 nitrogen and oxygen atoms in total. The van der Waals surface area contributed by atoms with E-state index in [2.05, 4.69) is 28.1 Å². The van der Waals surface area contributed by atoms with E-state index in [1.165, 1.54) is 29.8 Å². The van der Waals surface area contributed by atoms with Gasteiger partial charge in [-0.1, -0.05) is 42.7 Å². The molecule has 0 bridgehead atoms. The van der Waals surface area contributed by atoms with Crippen LogP contribution in [0.3, 0.4) is 0 Å². The van der Waals surface area contributed by atoms with Gasteiger partial charge in [0.25, 0.3) is 5.91 Å². The topological polar surface area (TPSA) is 102 Å². The summed E-state index contributed by atoms with van der Waals surface area (Å²) < 4.78 is 31.3. The zero-order valence-corrected chi connectivity index (χ0v) is 17.8. The Kier molecular flexibility index (Phi) is 7.10. The van der Waals surface area contributed by atoms with Crippen LogP contribution in [0.2, 0.25) is 0 Å². The lowest BCUT2D eigenvalue weighted by Gasteiger charge is -2.42. The van der Waals surface area contributed by atoms with Crippen LogP contribution in [0.1, 0.15) is 35.2 Å². The quantitative estimate of drug-likeness (QED) is 0.459. The molecule has 0 saturated heterocycles. The zero-order valence-electron chi connectivity index (χ0n) is 17.0. The van der Waals surface area contributed by atoms with E-state index in [9.17, 15) is 18.0 Å². The van der Waals surface area contributed by atoms with E-state index >= 15 is 0 Å². The molecule has 1 aliphatic rings. The second-order valence-electron chi connectivity index (χ2n) is 7.41. The van der Waals surface area contributed by atoms with Crippen molar-refractivity contribution in [3.63, 3.8) is 0 Å². The van der Waals surface area contributed by atoms with Gasteiger partial charge in [-0.2, -0.15) is 4.72 Å². The fourth-order valence-corrected chi connectivity index (χ4v) is 4.42. The van der Waals surface area contributed by atoms with Crippen molar-refractivity contribution in [3.05, 3.63) is 65.7 Å². The molecule has 0 aliphatic heterocycles. The Morgan fingerprint density at radius 1 is 1.06 bits per heavy atom. The molecule has 1 fully saturated rings. The Morgan fingerprint density at radius 2 is 1.74 bits per heavy atom. The zero-order chi connectivity index (χ0) is 22.3. The van der Waals surface area contributed by atoms with Gasteiger partial charge in [-0.15, -0.1) is 6.42 Å². The third-order valence-electron chi connectivity index (χ3n) is 5.42. The fraction of sp³-hybridized carbons (Fsp3) is 0.304. The summed E-state index contributed by atoms with van der Waals surface area (Å²) in [7, 11) is -3.74. The lowest BCUT2D eigenvalue weighted by molar-refractivity contribution is -0.124. The second kappa shape index (κ2) is 9.77. The number of terminal acetylenes is 1. The number of hydrogen-bond donors (Lipinski definition) is 2. The SMILES string of the molecule is C#CCNS(=O)(=O)c1ccc(C(=O)OCC(=O)NCC2(c3ccccc3)CCC2)cc1. The maximum atomic E-state index is 12.2. The van der Waals surface area contributed by atoms with Crippen LogP contribution in [0.4, 0.5) is 0 Å². The molecule has 1 amide bonds. The standard InChI is InChI=1S/C23H24N2O5S/c1-2-15-25-31(28,29)20-11-9-18(10-12-20)22(27)30-16-21(26)24-17-23(13-6-14-23)19-7-4-3-5-8-19/h1,3-5,7-12,25H,6,13-17H2,(H,24,26). The van der Waals surface area contributed by atoms with Crippen LogP contribution < -0.4 is 10.0 Å². The van der Waals surface area contributed by atoms with Crippen molar-refractivity contribution >= 4 is 21.9 Å². The highest BCUT2D eigenvalue weighted by molar-refractivity contribution is 7.89. The Labute approximate surface area is 182 Å². The summed E-state index contributed by atoms with van der Waals surface area (Å²) in [5.41, 5.74) is 1.28. The van der Waals surface area contributed by atoms with Crippen molar-refractivity contribution < 1.29 is 22.7 Å². The highest BCUT2D eigenvalue weighted by Crippen LogP contribution is 2.43. The Morgan fingerprint density at radius 3 is 2.32 bits per heavy atom. The van der Waals surface area contributed by atoms with Crippen LogP contribution in [0.15, 0.2) is 59.5 Å². The van der Waals surface area contributed by atoms with Crippen LogP contribution >= 0.6 is 0 Å². The number of hydrogen-bond acceptors (Lipinski definition) is 5. The number of sulfonamides is 1. The molecular weight excluding hydrogens is 416 g/mol. The van der Waals surface area contributed by atoms with Gasteiger partial charge in [-0.25, -0.2) is 13.2 Å². The lowest BCUT2D eigenvalue weighted by atomic mass is 9.64. The maximum Gasteiger partial charge on any atom is 0.338 e. The maximum absolute atomic E-state index is 12.2. The van der Waals surface area contributed by atoms with E-state index in [0.29, 0.717) is 6.54 Å². The number of esters is 1. The monoisotopic (exact) mass is 440 g/mol. The number of carbonyl (C=O) groups excluding carboxylic acids is 2. The van der Waals surface area contributed by atoms with Gasteiger partial charge in [0.1, 0.15) is 0 Å². The first-order valence-electron chi connectivity index (χ1n) is 9.89.